The molecule has 2 aromatic rings. The molecule has 0 saturated heterocycles. The third-order valence-electron chi connectivity index (χ3n) is 5.28. The molecule has 3 N–H and O–H groups in total. The van der Waals surface area contributed by atoms with Crippen LogP contribution in [-0.2, 0) is 19.1 Å². The maximum Gasteiger partial charge on any atom is 0.407 e. The van der Waals surface area contributed by atoms with Crippen molar-refractivity contribution in [1.29, 1.82) is 0 Å². The van der Waals surface area contributed by atoms with E-state index in [4.69, 9.17) is 9.47 Å². The fourth-order valence-electron chi connectivity index (χ4n) is 3.79. The molecule has 3 rings (SSSR count). The number of hydrogen-bond acceptors (Lipinski definition) is 5. The van der Waals surface area contributed by atoms with Crippen LogP contribution in [0.25, 0.3) is 11.1 Å². The van der Waals surface area contributed by atoms with E-state index in [1.54, 1.807) is 0 Å². The zero-order chi connectivity index (χ0) is 24.0. The lowest BCUT2D eigenvalue weighted by Crippen LogP contribution is -2.45. The van der Waals surface area contributed by atoms with E-state index in [0.717, 1.165) is 22.3 Å². The molecule has 8 nitrogen and oxygen atoms in total. The van der Waals surface area contributed by atoms with Crippen molar-refractivity contribution in [2.24, 2.45) is 0 Å². The van der Waals surface area contributed by atoms with Gasteiger partial charge in [0, 0.05) is 12.5 Å². The molecular weight excluding hydrogens is 424 g/mol. The van der Waals surface area contributed by atoms with E-state index in [0.29, 0.717) is 6.61 Å². The van der Waals surface area contributed by atoms with Gasteiger partial charge in [-0.2, -0.15) is 0 Å². The van der Waals surface area contributed by atoms with Crippen LogP contribution in [0.3, 0.4) is 0 Å². The van der Waals surface area contributed by atoms with Crippen LogP contribution >= 0.6 is 0 Å². The van der Waals surface area contributed by atoms with Gasteiger partial charge in [0.1, 0.15) is 12.6 Å². The molecule has 0 unspecified atom stereocenters. The second kappa shape index (κ2) is 10.5. The van der Waals surface area contributed by atoms with Crippen molar-refractivity contribution in [3.63, 3.8) is 0 Å². The lowest BCUT2D eigenvalue weighted by Gasteiger charge is -2.20. The van der Waals surface area contributed by atoms with Gasteiger partial charge in [0.25, 0.3) is 0 Å². The monoisotopic (exact) mass is 454 g/mol. The van der Waals surface area contributed by atoms with Gasteiger partial charge in [0.05, 0.1) is 18.6 Å². The van der Waals surface area contributed by atoms with Gasteiger partial charge >= 0.3 is 12.1 Å². The summed E-state index contributed by atoms with van der Waals surface area (Å²) in [5, 5.41) is 14.3. The maximum absolute atomic E-state index is 12.3. The minimum Gasteiger partial charge on any atom is -0.480 e. The molecule has 0 spiro atoms. The van der Waals surface area contributed by atoms with Gasteiger partial charge in [0.15, 0.2) is 0 Å². The Labute approximate surface area is 193 Å². The van der Waals surface area contributed by atoms with Gasteiger partial charge in [0.2, 0.25) is 5.91 Å². The van der Waals surface area contributed by atoms with Crippen molar-refractivity contribution >= 4 is 18.0 Å². The minimum atomic E-state index is -1.40. The van der Waals surface area contributed by atoms with Crippen LogP contribution in [-0.4, -0.2) is 54.5 Å². The highest BCUT2D eigenvalue weighted by Gasteiger charge is 2.30. The fourth-order valence-corrected chi connectivity index (χ4v) is 3.79. The van der Waals surface area contributed by atoms with E-state index < -0.39 is 30.4 Å². The average Bonchev–Trinajstić information content (AvgIpc) is 3.08. The number of hydrogen-bond donors (Lipinski definition) is 3. The van der Waals surface area contributed by atoms with Gasteiger partial charge in [-0.3, -0.25) is 4.79 Å². The smallest absolute Gasteiger partial charge is 0.407 e. The molecule has 0 heterocycles. The second-order valence-corrected chi connectivity index (χ2v) is 8.88. The molecule has 8 heteroatoms. The van der Waals surface area contributed by atoms with Crippen molar-refractivity contribution in [3.05, 3.63) is 59.7 Å². The van der Waals surface area contributed by atoms with Crippen LogP contribution in [0.4, 0.5) is 4.79 Å². The summed E-state index contributed by atoms with van der Waals surface area (Å²) in [5.41, 5.74) is 3.96. The van der Waals surface area contributed by atoms with E-state index in [9.17, 15) is 19.5 Å². The molecule has 33 heavy (non-hydrogen) atoms. The quantitative estimate of drug-likeness (QED) is 0.501. The van der Waals surface area contributed by atoms with E-state index >= 15 is 0 Å². The van der Waals surface area contributed by atoms with Gasteiger partial charge < -0.3 is 25.2 Å². The van der Waals surface area contributed by atoms with Gasteiger partial charge in [-0.15, -0.1) is 0 Å². The minimum absolute atomic E-state index is 0.0581. The lowest BCUT2D eigenvalue weighted by atomic mass is 9.98. The first-order chi connectivity index (χ1) is 15.7. The average molecular weight is 455 g/mol. The van der Waals surface area contributed by atoms with Gasteiger partial charge in [-0.1, -0.05) is 48.5 Å². The van der Waals surface area contributed by atoms with Gasteiger partial charge in [-0.25, -0.2) is 9.59 Å². The zero-order valence-electron chi connectivity index (χ0n) is 19.1. The molecule has 1 aliphatic rings. The largest absolute Gasteiger partial charge is 0.480 e. The second-order valence-electron chi connectivity index (χ2n) is 8.88. The Morgan fingerprint density at radius 1 is 1.00 bits per heavy atom. The summed E-state index contributed by atoms with van der Waals surface area (Å²) in [6.45, 7) is 6.29. The molecule has 1 atom stereocenters. The summed E-state index contributed by atoms with van der Waals surface area (Å²) in [5.74, 6) is -1.96. The Morgan fingerprint density at radius 2 is 1.58 bits per heavy atom. The number of nitrogens with one attached hydrogen (secondary N) is 2. The molecule has 0 bridgehead atoms. The number of alkyl carbamates (subject to hydrolysis) is 1. The topological polar surface area (TPSA) is 114 Å². The first-order valence-electron chi connectivity index (χ1n) is 10.9. The number of aliphatic carboxylic acids is 1. The molecule has 0 saturated carbocycles. The molecule has 0 aromatic heterocycles. The highest BCUT2D eigenvalue weighted by Crippen LogP contribution is 2.44. The summed E-state index contributed by atoms with van der Waals surface area (Å²) >= 11 is 0. The molecule has 0 radical (unpaired) electrons. The van der Waals surface area contributed by atoms with E-state index in [2.05, 4.69) is 10.6 Å². The van der Waals surface area contributed by atoms with Crippen LogP contribution in [0.2, 0.25) is 0 Å². The lowest BCUT2D eigenvalue weighted by molar-refractivity contribution is -0.141. The van der Waals surface area contributed by atoms with Crippen molar-refractivity contribution in [1.82, 2.24) is 10.6 Å². The number of carboxylic acids is 1. The zero-order valence-corrected chi connectivity index (χ0v) is 19.1. The number of ether oxygens (including phenoxy) is 2. The van der Waals surface area contributed by atoms with Crippen molar-refractivity contribution < 1.29 is 29.0 Å². The van der Waals surface area contributed by atoms with Crippen molar-refractivity contribution in [2.45, 2.75) is 44.8 Å². The highest BCUT2D eigenvalue weighted by atomic mass is 16.5. The predicted molar refractivity (Wildman–Crippen MR) is 123 cm³/mol. The Balaban J connectivity index is 1.52. The normalized spacial score (nSPS) is 13.5. The Hall–Kier alpha value is -3.39. The van der Waals surface area contributed by atoms with Crippen LogP contribution < -0.4 is 10.6 Å². The SMILES string of the molecule is CC(C)(C)OCCNC(=O)C[C@H](NC(=O)OCC1c2ccccc2-c2ccccc21)C(=O)O. The van der Waals surface area contributed by atoms with E-state index in [1.807, 2.05) is 69.3 Å². The number of amides is 2. The van der Waals surface area contributed by atoms with E-state index in [-0.39, 0.29) is 24.7 Å². The maximum atomic E-state index is 12.3. The molecule has 2 aromatic carbocycles. The number of fused-ring (bicyclic) bond motifs is 3. The molecular formula is C25H30N2O6. The molecule has 0 aliphatic heterocycles. The van der Waals surface area contributed by atoms with E-state index in [1.165, 1.54) is 0 Å². The Morgan fingerprint density at radius 3 is 2.12 bits per heavy atom. The van der Waals surface area contributed by atoms with Crippen molar-refractivity contribution in [3.8, 4) is 11.1 Å². The molecule has 1 aliphatic carbocycles. The summed E-state index contributed by atoms with van der Waals surface area (Å²) in [6.07, 6.45) is -1.29. The standard InChI is InChI=1S/C25H30N2O6/c1-25(2,3)33-13-12-26-22(28)14-21(23(29)30)27-24(31)32-15-20-18-10-6-4-8-16(18)17-9-5-7-11-19(17)20/h4-11,20-21H,12-15H2,1-3H3,(H,26,28)(H,27,31)(H,29,30)/t21-/m0/s1. The molecule has 0 fully saturated rings. The summed E-state index contributed by atoms with van der Waals surface area (Å²) < 4.78 is 10.9. The first kappa shape index (κ1) is 24.3. The highest BCUT2D eigenvalue weighted by molar-refractivity contribution is 5.87. The number of carboxylic acid groups (broad SMARTS) is 1. The van der Waals surface area contributed by atoms with Gasteiger partial charge in [-0.05, 0) is 43.0 Å². The Bertz CT molecular complexity index is 968. The molecule has 2 amide bonds. The number of rotatable bonds is 9. The molecule has 176 valence electrons. The number of carbonyl (C=O) groups excluding carboxylic acids is 2. The van der Waals surface area contributed by atoms with Crippen LogP contribution in [0.1, 0.15) is 44.2 Å². The third kappa shape index (κ3) is 6.55. The number of benzene rings is 2. The summed E-state index contributed by atoms with van der Waals surface area (Å²) in [6, 6.07) is 14.4. The summed E-state index contributed by atoms with van der Waals surface area (Å²) in [4.78, 5) is 36.0. The number of carbonyl (C=O) groups is 3. The Kier molecular flexibility index (Phi) is 7.71. The van der Waals surface area contributed by atoms with Crippen LogP contribution in [0.15, 0.2) is 48.5 Å². The first-order valence-corrected chi connectivity index (χ1v) is 10.9. The fraction of sp³-hybridized carbons (Fsp3) is 0.400. The van der Waals surface area contributed by atoms with Crippen molar-refractivity contribution in [2.75, 3.05) is 19.8 Å². The summed E-state index contributed by atoms with van der Waals surface area (Å²) in [7, 11) is 0. The van der Waals surface area contributed by atoms with Crippen LogP contribution in [0, 0.1) is 0 Å². The predicted octanol–water partition coefficient (Wildman–Crippen LogP) is 3.30. The van der Waals surface area contributed by atoms with Crippen LogP contribution in [0.5, 0.6) is 0 Å². The third-order valence-corrected chi connectivity index (χ3v) is 5.28.